The van der Waals surface area contributed by atoms with Crippen molar-refractivity contribution in [2.75, 3.05) is 0 Å². The van der Waals surface area contributed by atoms with Crippen molar-refractivity contribution in [1.29, 1.82) is 0 Å². The number of nitrogens with one attached hydrogen (secondary N) is 1. The predicted molar refractivity (Wildman–Crippen MR) is 72.7 cm³/mol. The number of nitrogens with two attached hydrogens (primary N) is 1. The number of aryl methyl sites for hydroxylation is 2. The number of halogens is 2. The van der Waals surface area contributed by atoms with Crippen LogP contribution in [0.2, 0.25) is 0 Å². The lowest BCUT2D eigenvalue weighted by Crippen LogP contribution is -2.37. The van der Waals surface area contributed by atoms with Gasteiger partial charge in [0.1, 0.15) is 0 Å². The van der Waals surface area contributed by atoms with Gasteiger partial charge in [-0.3, -0.25) is 16.0 Å². The second-order valence-electron chi connectivity index (χ2n) is 4.84. The van der Waals surface area contributed by atoms with E-state index in [1.54, 1.807) is 16.9 Å². The van der Waals surface area contributed by atoms with E-state index in [1.807, 2.05) is 13.2 Å². The first-order chi connectivity index (χ1) is 9.60. The lowest BCUT2D eigenvalue weighted by atomic mass is 10.0. The predicted octanol–water partition coefficient (Wildman–Crippen LogP) is 1.71. The molecule has 1 unspecified atom stereocenters. The Morgan fingerprint density at radius 3 is 2.85 bits per heavy atom. The number of benzene rings is 1. The van der Waals surface area contributed by atoms with Crippen molar-refractivity contribution in [2.45, 2.75) is 25.3 Å². The SMILES string of the molecule is Cn1cc(CCC(Cc2cccc(F)c2F)NN)cn1. The number of rotatable bonds is 6. The molecule has 0 saturated carbocycles. The lowest BCUT2D eigenvalue weighted by molar-refractivity contribution is 0.460. The molecule has 0 amide bonds. The monoisotopic (exact) mass is 280 g/mol. The van der Waals surface area contributed by atoms with Crippen molar-refractivity contribution in [2.24, 2.45) is 12.9 Å². The van der Waals surface area contributed by atoms with Gasteiger partial charge >= 0.3 is 0 Å². The highest BCUT2D eigenvalue weighted by Crippen LogP contribution is 2.15. The third kappa shape index (κ3) is 3.61. The molecule has 20 heavy (non-hydrogen) atoms. The van der Waals surface area contributed by atoms with Crippen LogP contribution in [0.15, 0.2) is 30.6 Å². The van der Waals surface area contributed by atoms with E-state index in [4.69, 9.17) is 5.84 Å². The average molecular weight is 280 g/mol. The Kier molecular flexibility index (Phi) is 4.81. The second-order valence-corrected chi connectivity index (χ2v) is 4.84. The Morgan fingerprint density at radius 2 is 2.20 bits per heavy atom. The van der Waals surface area contributed by atoms with Crippen LogP contribution in [0.5, 0.6) is 0 Å². The Bertz CT molecular complexity index is 568. The van der Waals surface area contributed by atoms with Crippen LogP contribution in [0.4, 0.5) is 8.78 Å². The van der Waals surface area contributed by atoms with E-state index in [0.717, 1.165) is 24.5 Å². The first-order valence-electron chi connectivity index (χ1n) is 6.46. The van der Waals surface area contributed by atoms with E-state index in [2.05, 4.69) is 10.5 Å². The molecule has 0 aliphatic heterocycles. The Labute approximate surface area is 116 Å². The molecular formula is C14H18F2N4. The van der Waals surface area contributed by atoms with Gasteiger partial charge in [-0.25, -0.2) is 8.78 Å². The minimum absolute atomic E-state index is 0.119. The minimum atomic E-state index is -0.828. The highest BCUT2D eigenvalue weighted by molar-refractivity contribution is 5.20. The number of hydrogen-bond acceptors (Lipinski definition) is 3. The maximum absolute atomic E-state index is 13.6. The number of aromatic nitrogens is 2. The molecule has 108 valence electrons. The van der Waals surface area contributed by atoms with Crippen LogP contribution in [-0.2, 0) is 19.9 Å². The summed E-state index contributed by atoms with van der Waals surface area (Å²) in [4.78, 5) is 0. The van der Waals surface area contributed by atoms with Crippen molar-refractivity contribution in [1.82, 2.24) is 15.2 Å². The highest BCUT2D eigenvalue weighted by atomic mass is 19.2. The zero-order valence-corrected chi connectivity index (χ0v) is 11.3. The van der Waals surface area contributed by atoms with Crippen molar-refractivity contribution in [3.8, 4) is 0 Å². The van der Waals surface area contributed by atoms with Crippen LogP contribution in [0.1, 0.15) is 17.5 Å². The van der Waals surface area contributed by atoms with Gasteiger partial charge < -0.3 is 0 Å². The molecule has 2 aromatic rings. The smallest absolute Gasteiger partial charge is 0.162 e. The fourth-order valence-electron chi connectivity index (χ4n) is 2.16. The zero-order chi connectivity index (χ0) is 14.5. The van der Waals surface area contributed by atoms with Crippen LogP contribution in [0, 0.1) is 11.6 Å². The van der Waals surface area contributed by atoms with Gasteiger partial charge in [0.15, 0.2) is 11.6 Å². The fourth-order valence-corrected chi connectivity index (χ4v) is 2.16. The van der Waals surface area contributed by atoms with Crippen molar-refractivity contribution >= 4 is 0 Å². The number of hydrogen-bond donors (Lipinski definition) is 2. The summed E-state index contributed by atoms with van der Waals surface area (Å²) < 4.78 is 28.5. The van der Waals surface area contributed by atoms with Crippen molar-refractivity contribution < 1.29 is 8.78 Å². The minimum Gasteiger partial charge on any atom is -0.276 e. The maximum Gasteiger partial charge on any atom is 0.162 e. The summed E-state index contributed by atoms with van der Waals surface area (Å²) in [5.41, 5.74) is 4.08. The standard InChI is InChI=1S/C14H18F2N4/c1-20-9-10(8-18-20)5-6-12(19-17)7-11-3-2-4-13(15)14(11)16/h2-4,8-9,12,19H,5-7,17H2,1H3. The Balaban J connectivity index is 1.96. The second kappa shape index (κ2) is 6.58. The summed E-state index contributed by atoms with van der Waals surface area (Å²) >= 11 is 0. The van der Waals surface area contributed by atoms with E-state index in [-0.39, 0.29) is 6.04 Å². The van der Waals surface area contributed by atoms with Crippen LogP contribution in [0.3, 0.4) is 0 Å². The Morgan fingerprint density at radius 1 is 1.40 bits per heavy atom. The van der Waals surface area contributed by atoms with Gasteiger partial charge in [-0.1, -0.05) is 12.1 Å². The summed E-state index contributed by atoms with van der Waals surface area (Å²) in [6.45, 7) is 0. The first kappa shape index (κ1) is 14.6. The maximum atomic E-state index is 13.6. The molecule has 0 radical (unpaired) electrons. The molecule has 0 bridgehead atoms. The highest BCUT2D eigenvalue weighted by Gasteiger charge is 2.14. The molecule has 6 heteroatoms. The van der Waals surface area contributed by atoms with Gasteiger partial charge in [0.25, 0.3) is 0 Å². The lowest BCUT2D eigenvalue weighted by Gasteiger charge is -2.16. The molecule has 0 saturated heterocycles. The van der Waals surface area contributed by atoms with Crippen LogP contribution >= 0.6 is 0 Å². The number of nitrogens with zero attached hydrogens (tertiary/aromatic N) is 2. The van der Waals surface area contributed by atoms with E-state index in [9.17, 15) is 8.78 Å². The summed E-state index contributed by atoms with van der Waals surface area (Å²) in [6.07, 6.45) is 5.56. The third-order valence-electron chi connectivity index (χ3n) is 3.27. The van der Waals surface area contributed by atoms with E-state index in [0.29, 0.717) is 12.0 Å². The third-order valence-corrected chi connectivity index (χ3v) is 3.27. The largest absolute Gasteiger partial charge is 0.276 e. The molecule has 3 N–H and O–H groups in total. The molecule has 0 aliphatic rings. The average Bonchev–Trinajstić information content (AvgIpc) is 2.85. The molecule has 0 fully saturated rings. The quantitative estimate of drug-likeness (QED) is 0.625. The summed E-state index contributed by atoms with van der Waals surface area (Å²) in [5.74, 6) is 3.87. The van der Waals surface area contributed by atoms with Gasteiger partial charge in [0, 0.05) is 19.3 Å². The van der Waals surface area contributed by atoms with E-state index in [1.165, 1.54) is 6.07 Å². The van der Waals surface area contributed by atoms with Crippen molar-refractivity contribution in [3.63, 3.8) is 0 Å². The molecule has 1 atom stereocenters. The Hall–Kier alpha value is -1.79. The van der Waals surface area contributed by atoms with Gasteiger partial charge in [-0.15, -0.1) is 0 Å². The molecule has 1 aromatic carbocycles. The van der Waals surface area contributed by atoms with Gasteiger partial charge in [0.05, 0.1) is 6.20 Å². The molecule has 0 aliphatic carbocycles. The molecule has 2 rings (SSSR count). The summed E-state index contributed by atoms with van der Waals surface area (Å²) in [7, 11) is 1.85. The van der Waals surface area contributed by atoms with Crippen LogP contribution in [0.25, 0.3) is 0 Å². The molecular weight excluding hydrogens is 262 g/mol. The summed E-state index contributed by atoms with van der Waals surface area (Å²) in [6, 6.07) is 4.07. The number of hydrazine groups is 1. The van der Waals surface area contributed by atoms with Gasteiger partial charge in [0.2, 0.25) is 0 Å². The fraction of sp³-hybridized carbons (Fsp3) is 0.357. The van der Waals surface area contributed by atoms with Crippen LogP contribution in [-0.4, -0.2) is 15.8 Å². The van der Waals surface area contributed by atoms with Crippen LogP contribution < -0.4 is 11.3 Å². The topological polar surface area (TPSA) is 55.9 Å². The first-order valence-corrected chi connectivity index (χ1v) is 6.46. The molecule has 1 heterocycles. The van der Waals surface area contributed by atoms with E-state index < -0.39 is 11.6 Å². The van der Waals surface area contributed by atoms with Gasteiger partial charge in [-0.05, 0) is 36.5 Å². The zero-order valence-electron chi connectivity index (χ0n) is 11.3. The molecule has 4 nitrogen and oxygen atoms in total. The van der Waals surface area contributed by atoms with Crippen molar-refractivity contribution in [3.05, 3.63) is 53.4 Å². The molecule has 1 aromatic heterocycles. The van der Waals surface area contributed by atoms with Gasteiger partial charge in [-0.2, -0.15) is 5.10 Å². The summed E-state index contributed by atoms with van der Waals surface area (Å²) in [5, 5.41) is 4.09. The van der Waals surface area contributed by atoms with E-state index >= 15 is 0 Å². The normalized spacial score (nSPS) is 12.6. The molecule has 0 spiro atoms.